The van der Waals surface area contributed by atoms with Crippen molar-refractivity contribution >= 4 is 0 Å². The third-order valence-corrected chi connectivity index (χ3v) is 7.36. The first-order valence-corrected chi connectivity index (χ1v) is 14.5. The van der Waals surface area contributed by atoms with E-state index in [1.807, 2.05) is 103 Å². The summed E-state index contributed by atoms with van der Waals surface area (Å²) >= 11 is 0. The number of halogens is 1. The molecule has 0 saturated carbocycles. The molecule has 0 spiro atoms. The van der Waals surface area contributed by atoms with E-state index < -0.39 is 26.4 Å². The predicted molar refractivity (Wildman–Crippen MR) is 187 cm³/mol. The van der Waals surface area contributed by atoms with E-state index in [0.717, 1.165) is 56.9 Å². The number of nitrogens with zero attached hydrogens (tertiary/aromatic N) is 2. The molecule has 0 atom stereocenters. The Labute approximate surface area is 303 Å². The molecule has 0 N–H and O–H groups in total. The first-order valence-electron chi connectivity index (χ1n) is 19.0. The first-order chi connectivity index (χ1) is 26.1. The molecule has 0 bridgehead atoms. The van der Waals surface area contributed by atoms with Gasteiger partial charge in [0, 0.05) is 50.7 Å². The SMILES string of the molecule is [2H]C([2H])([2H])c1cc(-c2ccccc2)ccc1-c1ccc(-c2ccnc(-c3[c-]cccc3)c2)cc1.[2H]C([2H])([2H])c1cnc(-c2[c-]cc(F)cc2)cc1C([2H])([2H])[2H].[Ir]. The average molecular weight is 798 g/mol. The Morgan fingerprint density at radius 1 is 0.553 bits per heavy atom. The fourth-order valence-corrected chi connectivity index (χ4v) is 4.93. The molecule has 0 fully saturated rings. The summed E-state index contributed by atoms with van der Waals surface area (Å²) in [5, 5.41) is 0. The van der Waals surface area contributed by atoms with E-state index >= 15 is 0 Å². The number of hydrogen-bond donors (Lipinski definition) is 0. The third kappa shape index (κ3) is 8.23. The van der Waals surface area contributed by atoms with E-state index in [1.54, 1.807) is 12.3 Å². The minimum absolute atomic E-state index is 0. The van der Waals surface area contributed by atoms with E-state index in [1.165, 1.54) is 18.2 Å². The van der Waals surface area contributed by atoms with Gasteiger partial charge in [-0.2, -0.15) is 0 Å². The van der Waals surface area contributed by atoms with E-state index in [0.29, 0.717) is 11.1 Å². The molecule has 5 aromatic carbocycles. The van der Waals surface area contributed by atoms with Crippen molar-refractivity contribution in [2.45, 2.75) is 20.6 Å². The number of benzene rings is 5. The van der Waals surface area contributed by atoms with Crippen LogP contribution in [0.3, 0.4) is 0 Å². The first kappa shape index (κ1) is 23.3. The molecular weight excluding hydrogens is 756 g/mol. The van der Waals surface area contributed by atoms with E-state index in [2.05, 4.69) is 22.1 Å². The molecular formula is C43H33FIrN2-2. The Hall–Kier alpha value is -5.02. The minimum atomic E-state index is -2.58. The van der Waals surface area contributed by atoms with Crippen LogP contribution < -0.4 is 0 Å². The summed E-state index contributed by atoms with van der Waals surface area (Å²) in [4.78, 5) is 8.43. The van der Waals surface area contributed by atoms with Gasteiger partial charge in [0.25, 0.3) is 0 Å². The molecule has 0 aliphatic carbocycles. The van der Waals surface area contributed by atoms with Crippen LogP contribution in [0.5, 0.6) is 0 Å². The summed E-state index contributed by atoms with van der Waals surface area (Å²) in [6.45, 7) is -7.37. The van der Waals surface area contributed by atoms with Crippen LogP contribution in [0.4, 0.5) is 4.39 Å². The zero-order chi connectivity index (χ0) is 39.4. The number of rotatable bonds is 5. The van der Waals surface area contributed by atoms with Gasteiger partial charge in [-0.25, -0.2) is 0 Å². The molecule has 0 aliphatic heterocycles. The van der Waals surface area contributed by atoms with Gasteiger partial charge >= 0.3 is 0 Å². The van der Waals surface area contributed by atoms with Gasteiger partial charge in [0.2, 0.25) is 0 Å². The number of aromatic nitrogens is 2. The topological polar surface area (TPSA) is 25.8 Å². The van der Waals surface area contributed by atoms with Crippen molar-refractivity contribution in [3.8, 4) is 55.9 Å². The van der Waals surface area contributed by atoms with Gasteiger partial charge in [0.15, 0.2) is 0 Å². The van der Waals surface area contributed by atoms with Gasteiger partial charge in [-0.05, 0) is 82.5 Å². The van der Waals surface area contributed by atoms with Crippen LogP contribution in [0.15, 0.2) is 146 Å². The van der Waals surface area contributed by atoms with Crippen LogP contribution in [0, 0.1) is 38.5 Å². The fraction of sp³-hybridized carbons (Fsp3) is 0.0698. The summed E-state index contributed by atoms with van der Waals surface area (Å²) in [6.07, 6.45) is 2.83. The fourth-order valence-electron chi connectivity index (χ4n) is 4.93. The van der Waals surface area contributed by atoms with Gasteiger partial charge < -0.3 is 9.97 Å². The maximum absolute atomic E-state index is 12.9. The Balaban J connectivity index is 0.000000236. The van der Waals surface area contributed by atoms with Crippen molar-refractivity contribution < 1.29 is 36.8 Å². The Morgan fingerprint density at radius 3 is 1.96 bits per heavy atom. The van der Waals surface area contributed by atoms with E-state index in [-0.39, 0.29) is 36.9 Å². The normalized spacial score (nSPS) is 14.0. The molecule has 2 heterocycles. The molecule has 0 unspecified atom stereocenters. The number of aryl methyl sites for hydroxylation is 3. The second-order valence-electron chi connectivity index (χ2n) is 10.4. The van der Waals surface area contributed by atoms with Crippen molar-refractivity contribution in [2.75, 3.05) is 0 Å². The zero-order valence-corrected chi connectivity index (χ0v) is 27.4. The minimum Gasteiger partial charge on any atom is -0.305 e. The summed E-state index contributed by atoms with van der Waals surface area (Å²) < 4.78 is 81.8. The number of hydrogen-bond acceptors (Lipinski definition) is 2. The molecule has 2 aromatic heterocycles. The van der Waals surface area contributed by atoms with Crippen LogP contribution >= 0.6 is 0 Å². The van der Waals surface area contributed by atoms with Crippen molar-refractivity contribution in [2.24, 2.45) is 0 Å². The summed E-state index contributed by atoms with van der Waals surface area (Å²) in [6, 6.07) is 46.1. The third-order valence-electron chi connectivity index (χ3n) is 7.36. The van der Waals surface area contributed by atoms with Crippen molar-refractivity contribution in [1.29, 1.82) is 0 Å². The van der Waals surface area contributed by atoms with Gasteiger partial charge in [-0.3, -0.25) is 4.39 Å². The molecule has 233 valence electrons. The summed E-state index contributed by atoms with van der Waals surface area (Å²) in [7, 11) is 0. The molecule has 2 nitrogen and oxygen atoms in total. The summed E-state index contributed by atoms with van der Waals surface area (Å²) in [5.74, 6) is -0.478. The van der Waals surface area contributed by atoms with E-state index in [4.69, 9.17) is 12.3 Å². The van der Waals surface area contributed by atoms with Crippen molar-refractivity contribution in [3.63, 3.8) is 0 Å². The molecule has 0 amide bonds. The Morgan fingerprint density at radius 2 is 1.23 bits per heavy atom. The van der Waals surface area contributed by atoms with Crippen LogP contribution in [-0.4, -0.2) is 9.97 Å². The smallest absolute Gasteiger partial charge is 0.0379 e. The van der Waals surface area contributed by atoms with Gasteiger partial charge in [-0.1, -0.05) is 90.5 Å². The van der Waals surface area contributed by atoms with Crippen LogP contribution in [0.2, 0.25) is 0 Å². The van der Waals surface area contributed by atoms with Gasteiger partial charge in [0.1, 0.15) is 0 Å². The molecule has 7 aromatic rings. The average Bonchev–Trinajstić information content (AvgIpc) is 3.18. The van der Waals surface area contributed by atoms with Crippen LogP contribution in [0.1, 0.15) is 29.0 Å². The maximum Gasteiger partial charge on any atom is 0.0379 e. The second kappa shape index (κ2) is 15.5. The second-order valence-corrected chi connectivity index (χ2v) is 10.4. The van der Waals surface area contributed by atoms with E-state index in [9.17, 15) is 4.39 Å². The van der Waals surface area contributed by atoms with Gasteiger partial charge in [-0.15, -0.1) is 65.7 Å². The molecule has 0 aliphatic rings. The summed E-state index contributed by atoms with van der Waals surface area (Å²) in [5.41, 5.74) is 7.77. The van der Waals surface area contributed by atoms with Crippen LogP contribution in [0.25, 0.3) is 55.9 Å². The molecule has 0 saturated heterocycles. The van der Waals surface area contributed by atoms with Crippen molar-refractivity contribution in [3.05, 3.63) is 180 Å². The Bertz CT molecular complexity index is 2380. The Kier molecular flexibility index (Phi) is 7.70. The largest absolute Gasteiger partial charge is 0.305 e. The maximum atomic E-state index is 12.9. The number of pyridine rings is 2. The molecule has 47 heavy (non-hydrogen) atoms. The zero-order valence-electron chi connectivity index (χ0n) is 34.0. The molecule has 7 rings (SSSR count). The van der Waals surface area contributed by atoms with Crippen LogP contribution in [-0.2, 0) is 20.1 Å². The van der Waals surface area contributed by atoms with Gasteiger partial charge in [0.05, 0.1) is 0 Å². The van der Waals surface area contributed by atoms with Crippen molar-refractivity contribution in [1.82, 2.24) is 9.97 Å². The monoisotopic (exact) mass is 798 g/mol. The standard InChI is InChI=1S/C30H22N.C13H11FN.Ir/c1-22-20-27(23-8-4-2-5-9-23)16-17-29(22)25-14-12-24(13-15-25)28-18-19-31-30(21-28)26-10-6-3-7-11-26;1-9-7-13(15-8-10(9)2)11-3-5-12(14)6-4-11;/h2-10,12-21H,1H3;3,5-8H,1-2H3;/q2*-1;/i1D3;1D3,2D3;. The quantitative estimate of drug-likeness (QED) is 0.162. The predicted octanol–water partition coefficient (Wildman–Crippen LogP) is 11.2. The molecule has 1 radical (unpaired) electrons. The molecule has 4 heteroatoms.